The van der Waals surface area contributed by atoms with Gasteiger partial charge in [0.1, 0.15) is 0 Å². The molecule has 0 aromatic carbocycles. The Labute approximate surface area is 74.3 Å². The topological polar surface area (TPSA) is 12.0 Å². The molecule has 1 aliphatic carbocycles. The molecule has 1 unspecified atom stereocenters. The first-order valence-corrected chi connectivity index (χ1v) is 5.97. The second kappa shape index (κ2) is 5.04. The fourth-order valence-corrected chi connectivity index (χ4v) is 1.94. The Morgan fingerprint density at radius 2 is 2.27 bits per heavy atom. The van der Waals surface area contributed by atoms with Crippen LogP contribution in [0.4, 0.5) is 0 Å². The Balaban J connectivity index is 1.95. The standard InChI is InChI=1S/C9H19NS/c1-8(6-7-11-2)10-9-4-3-5-9/h8-10H,3-7H2,1-2H3. The van der Waals surface area contributed by atoms with Crippen LogP contribution in [0.15, 0.2) is 0 Å². The Morgan fingerprint density at radius 1 is 1.55 bits per heavy atom. The van der Waals surface area contributed by atoms with E-state index in [-0.39, 0.29) is 0 Å². The van der Waals surface area contributed by atoms with E-state index in [0.717, 1.165) is 12.1 Å². The first-order chi connectivity index (χ1) is 5.33. The Hall–Kier alpha value is 0.310. The van der Waals surface area contributed by atoms with Gasteiger partial charge in [-0.3, -0.25) is 0 Å². The average molecular weight is 173 g/mol. The summed E-state index contributed by atoms with van der Waals surface area (Å²) in [4.78, 5) is 0. The molecule has 1 saturated carbocycles. The number of thioether (sulfide) groups is 1. The second-order valence-electron chi connectivity index (χ2n) is 3.48. The van der Waals surface area contributed by atoms with Crippen molar-refractivity contribution in [2.75, 3.05) is 12.0 Å². The van der Waals surface area contributed by atoms with E-state index in [4.69, 9.17) is 0 Å². The molecule has 66 valence electrons. The lowest BCUT2D eigenvalue weighted by Crippen LogP contribution is -2.41. The van der Waals surface area contributed by atoms with E-state index in [2.05, 4.69) is 18.5 Å². The Morgan fingerprint density at radius 3 is 2.73 bits per heavy atom. The molecule has 11 heavy (non-hydrogen) atoms. The number of hydrogen-bond acceptors (Lipinski definition) is 2. The highest BCUT2D eigenvalue weighted by atomic mass is 32.2. The summed E-state index contributed by atoms with van der Waals surface area (Å²) < 4.78 is 0. The van der Waals surface area contributed by atoms with E-state index >= 15 is 0 Å². The maximum atomic E-state index is 3.64. The van der Waals surface area contributed by atoms with E-state index in [1.165, 1.54) is 31.4 Å². The minimum atomic E-state index is 0.729. The van der Waals surface area contributed by atoms with Crippen LogP contribution in [0.2, 0.25) is 0 Å². The van der Waals surface area contributed by atoms with E-state index < -0.39 is 0 Å². The quantitative estimate of drug-likeness (QED) is 0.684. The lowest BCUT2D eigenvalue weighted by Gasteiger charge is -2.29. The lowest BCUT2D eigenvalue weighted by molar-refractivity contribution is 0.308. The fourth-order valence-electron chi connectivity index (χ4n) is 1.36. The summed E-state index contributed by atoms with van der Waals surface area (Å²) in [5, 5.41) is 3.64. The van der Waals surface area contributed by atoms with Crippen LogP contribution in [0.3, 0.4) is 0 Å². The summed E-state index contributed by atoms with van der Waals surface area (Å²) in [5.41, 5.74) is 0. The summed E-state index contributed by atoms with van der Waals surface area (Å²) in [6, 6.07) is 1.58. The van der Waals surface area contributed by atoms with E-state index in [1.807, 2.05) is 11.8 Å². The average Bonchev–Trinajstić information content (AvgIpc) is 1.93. The van der Waals surface area contributed by atoms with Gasteiger partial charge < -0.3 is 5.32 Å². The zero-order valence-electron chi connectivity index (χ0n) is 7.60. The van der Waals surface area contributed by atoms with Gasteiger partial charge in [-0.2, -0.15) is 11.8 Å². The van der Waals surface area contributed by atoms with Crippen LogP contribution in [-0.4, -0.2) is 24.1 Å². The normalized spacial score (nSPS) is 21.3. The van der Waals surface area contributed by atoms with Crippen LogP contribution in [0, 0.1) is 0 Å². The van der Waals surface area contributed by atoms with Crippen molar-refractivity contribution in [3.05, 3.63) is 0 Å². The molecule has 0 aromatic heterocycles. The molecule has 0 bridgehead atoms. The molecule has 0 amide bonds. The molecule has 0 saturated heterocycles. The minimum absolute atomic E-state index is 0.729. The largest absolute Gasteiger partial charge is 0.311 e. The van der Waals surface area contributed by atoms with Crippen LogP contribution >= 0.6 is 11.8 Å². The third kappa shape index (κ3) is 3.48. The van der Waals surface area contributed by atoms with Gasteiger partial charge in [-0.15, -0.1) is 0 Å². The smallest absolute Gasteiger partial charge is 0.00695 e. The highest BCUT2D eigenvalue weighted by Gasteiger charge is 2.18. The highest BCUT2D eigenvalue weighted by molar-refractivity contribution is 7.98. The van der Waals surface area contributed by atoms with Crippen molar-refractivity contribution >= 4 is 11.8 Å². The second-order valence-corrected chi connectivity index (χ2v) is 4.46. The third-order valence-corrected chi connectivity index (χ3v) is 3.02. The fraction of sp³-hybridized carbons (Fsp3) is 1.00. The van der Waals surface area contributed by atoms with Gasteiger partial charge >= 0.3 is 0 Å². The van der Waals surface area contributed by atoms with Gasteiger partial charge in [0.05, 0.1) is 0 Å². The molecular weight excluding hydrogens is 154 g/mol. The van der Waals surface area contributed by atoms with Gasteiger partial charge in [0.2, 0.25) is 0 Å². The summed E-state index contributed by atoms with van der Waals surface area (Å²) in [7, 11) is 0. The van der Waals surface area contributed by atoms with Gasteiger partial charge in [-0.25, -0.2) is 0 Å². The maximum absolute atomic E-state index is 3.64. The molecule has 0 radical (unpaired) electrons. The molecule has 1 rings (SSSR count). The molecule has 2 heteroatoms. The SMILES string of the molecule is CSCCC(C)NC1CCC1. The Bertz CT molecular complexity index is 102. The highest BCUT2D eigenvalue weighted by Crippen LogP contribution is 2.19. The monoisotopic (exact) mass is 173 g/mol. The van der Waals surface area contributed by atoms with Crippen molar-refractivity contribution < 1.29 is 0 Å². The zero-order valence-corrected chi connectivity index (χ0v) is 8.41. The minimum Gasteiger partial charge on any atom is -0.311 e. The molecule has 0 aromatic rings. The molecule has 1 aliphatic rings. The Kier molecular flexibility index (Phi) is 4.31. The predicted octanol–water partition coefficient (Wildman–Crippen LogP) is 2.27. The van der Waals surface area contributed by atoms with Crippen LogP contribution in [0.1, 0.15) is 32.6 Å². The van der Waals surface area contributed by atoms with Gasteiger partial charge in [-0.1, -0.05) is 6.42 Å². The lowest BCUT2D eigenvalue weighted by atomic mass is 9.92. The van der Waals surface area contributed by atoms with Crippen molar-refractivity contribution in [1.29, 1.82) is 0 Å². The van der Waals surface area contributed by atoms with E-state index in [0.29, 0.717) is 0 Å². The van der Waals surface area contributed by atoms with Crippen LogP contribution < -0.4 is 5.32 Å². The predicted molar refractivity (Wildman–Crippen MR) is 53.2 cm³/mol. The van der Waals surface area contributed by atoms with Crippen molar-refractivity contribution in [3.63, 3.8) is 0 Å². The molecule has 0 heterocycles. The number of hydrogen-bond donors (Lipinski definition) is 1. The first kappa shape index (κ1) is 9.40. The molecule has 1 nitrogen and oxygen atoms in total. The van der Waals surface area contributed by atoms with Gasteiger partial charge in [0.25, 0.3) is 0 Å². The van der Waals surface area contributed by atoms with Crippen LogP contribution in [0.25, 0.3) is 0 Å². The molecule has 1 N–H and O–H groups in total. The van der Waals surface area contributed by atoms with Crippen molar-refractivity contribution in [2.45, 2.75) is 44.7 Å². The summed E-state index contributed by atoms with van der Waals surface area (Å²) in [6.07, 6.45) is 7.74. The molecule has 1 atom stereocenters. The zero-order chi connectivity index (χ0) is 8.10. The third-order valence-electron chi connectivity index (χ3n) is 2.38. The summed E-state index contributed by atoms with van der Waals surface area (Å²) in [5.74, 6) is 1.29. The van der Waals surface area contributed by atoms with E-state index in [1.54, 1.807) is 0 Å². The van der Waals surface area contributed by atoms with Crippen LogP contribution in [0.5, 0.6) is 0 Å². The summed E-state index contributed by atoms with van der Waals surface area (Å²) in [6.45, 7) is 2.30. The van der Waals surface area contributed by atoms with Crippen molar-refractivity contribution in [2.24, 2.45) is 0 Å². The maximum Gasteiger partial charge on any atom is 0.00695 e. The summed E-state index contributed by atoms with van der Waals surface area (Å²) >= 11 is 1.94. The van der Waals surface area contributed by atoms with Crippen molar-refractivity contribution in [1.82, 2.24) is 5.32 Å². The van der Waals surface area contributed by atoms with Gasteiger partial charge in [-0.05, 0) is 38.2 Å². The molecule has 1 fully saturated rings. The van der Waals surface area contributed by atoms with Gasteiger partial charge in [0, 0.05) is 12.1 Å². The van der Waals surface area contributed by atoms with E-state index in [9.17, 15) is 0 Å². The van der Waals surface area contributed by atoms with Crippen molar-refractivity contribution in [3.8, 4) is 0 Å². The molecule has 0 aliphatic heterocycles. The molecular formula is C9H19NS. The molecule has 0 spiro atoms. The first-order valence-electron chi connectivity index (χ1n) is 4.58. The number of nitrogens with one attached hydrogen (secondary N) is 1. The number of rotatable bonds is 5. The van der Waals surface area contributed by atoms with Crippen LogP contribution in [-0.2, 0) is 0 Å². The van der Waals surface area contributed by atoms with Gasteiger partial charge in [0.15, 0.2) is 0 Å².